The fourth-order valence-corrected chi connectivity index (χ4v) is 11.3. The first-order chi connectivity index (χ1) is 49.9. The highest BCUT2D eigenvalue weighted by molar-refractivity contribution is 6.00. The molecule has 105 heavy (non-hydrogen) atoms. The Morgan fingerprint density at radius 2 is 1.30 bits per heavy atom. The number of nitrogens with two attached hydrogens (primary N) is 3. The summed E-state index contributed by atoms with van der Waals surface area (Å²) in [5.74, 6) is -15.4. The molecule has 6 rings (SSSR count). The number of nitrogens with zero attached hydrogens (tertiary/aromatic N) is 3. The molecule has 37 nitrogen and oxygen atoms in total. The van der Waals surface area contributed by atoms with Gasteiger partial charge in [0.25, 0.3) is 0 Å². The predicted molar refractivity (Wildman–Crippen MR) is 375 cm³/mol. The summed E-state index contributed by atoms with van der Waals surface area (Å²) in [5, 5.41) is 76.9. The summed E-state index contributed by atoms with van der Waals surface area (Å²) in [6.07, 6.45) is 0.0671. The van der Waals surface area contributed by atoms with Crippen LogP contribution in [0.3, 0.4) is 0 Å². The number of aromatic nitrogens is 4. The number of aliphatic hydroxyl groups excluding tert-OH is 1. The zero-order valence-electron chi connectivity index (χ0n) is 58.3. The molecule has 2 bridgehead atoms. The molecule has 566 valence electrons. The number of primary amides is 2. The third-order valence-electron chi connectivity index (χ3n) is 16.9. The number of H-pyrrole nitrogens is 1. The van der Waals surface area contributed by atoms with Crippen molar-refractivity contribution in [3.8, 4) is 5.75 Å². The first-order valence-corrected chi connectivity index (χ1v) is 33.9. The van der Waals surface area contributed by atoms with E-state index in [0.29, 0.717) is 27.6 Å². The molecule has 37 heteroatoms. The van der Waals surface area contributed by atoms with Crippen LogP contribution >= 0.6 is 0 Å². The number of aromatic amines is 1. The third kappa shape index (κ3) is 26.4. The van der Waals surface area contributed by atoms with E-state index in [1.165, 1.54) is 55.9 Å². The lowest BCUT2D eigenvalue weighted by Gasteiger charge is -2.29. The molecule has 23 N–H and O–H groups in total. The smallest absolute Gasteiger partial charge is 0.305 e. The molecule has 0 unspecified atom stereocenters. The van der Waals surface area contributed by atoms with E-state index in [2.05, 4.69) is 79.1 Å². The van der Waals surface area contributed by atoms with Crippen molar-refractivity contribution in [2.75, 3.05) is 13.2 Å². The van der Waals surface area contributed by atoms with Crippen molar-refractivity contribution < 1.29 is 82.4 Å². The zero-order valence-corrected chi connectivity index (χ0v) is 58.3. The van der Waals surface area contributed by atoms with E-state index in [1.807, 2.05) is 0 Å². The average Bonchev–Trinajstić information content (AvgIpc) is 1.73. The Kier molecular flexibility index (Phi) is 31.2. The minimum atomic E-state index is -1.87. The highest BCUT2D eigenvalue weighted by Crippen LogP contribution is 2.21. The Labute approximate surface area is 602 Å². The summed E-state index contributed by atoms with van der Waals surface area (Å²) < 4.78 is 1.37. The van der Waals surface area contributed by atoms with Gasteiger partial charge in [0.15, 0.2) is 5.96 Å². The summed E-state index contributed by atoms with van der Waals surface area (Å²) in [6.45, 7) is 4.62. The molecule has 0 radical (unpaired) electrons. The van der Waals surface area contributed by atoms with Crippen molar-refractivity contribution in [2.45, 2.75) is 178 Å². The van der Waals surface area contributed by atoms with Gasteiger partial charge in [-0.1, -0.05) is 79.7 Å². The van der Waals surface area contributed by atoms with Gasteiger partial charge >= 0.3 is 5.97 Å². The van der Waals surface area contributed by atoms with Crippen LogP contribution in [0.5, 0.6) is 5.75 Å². The summed E-state index contributed by atoms with van der Waals surface area (Å²) in [6, 6.07) is 3.80. The number of amides is 13. The van der Waals surface area contributed by atoms with Crippen LogP contribution in [0.1, 0.15) is 101 Å². The van der Waals surface area contributed by atoms with Crippen molar-refractivity contribution in [3.63, 3.8) is 0 Å². The average molecular weight is 1460 g/mol. The van der Waals surface area contributed by atoms with Crippen molar-refractivity contribution >= 4 is 99.6 Å². The Hall–Kier alpha value is -12.1. The molecule has 0 saturated heterocycles. The van der Waals surface area contributed by atoms with Crippen molar-refractivity contribution in [1.82, 2.24) is 83.8 Å². The van der Waals surface area contributed by atoms with E-state index in [-0.39, 0.29) is 75.9 Å². The predicted octanol–water partition coefficient (Wildman–Crippen LogP) is -4.57. The normalized spacial score (nSPS) is 18.5. The number of hydrogen-bond donors (Lipinski definition) is 20. The quantitative estimate of drug-likeness (QED) is 0.0113. The SMILES string of the molecule is CC(=O)N[C@@H](CO)C(=O)N[C@@H](Cc1c[nH]c2ccccc12)C(=O)N[C@@H](CCCNC(=N)N)C(=O)N[C@@H](CCC(N)=O)C(=O)N[C@@H](C)C(=O)N[C@@H]1Cc2cn(nn2)CCCC[C@@H](C(=O)N[C@@H](Cc2ccc(O)cc2)C(N)=O)NC(=O)[C@H](CC(=O)O)NC(=O)[C@H](C(C)C)NC(=O)[C@H](Cc2ccccc2)NC1=O. The summed E-state index contributed by atoms with van der Waals surface area (Å²) in [5.41, 5.74) is 19.1. The minimum Gasteiger partial charge on any atom is -0.508 e. The van der Waals surface area contributed by atoms with Gasteiger partial charge in [0, 0.05) is 75.4 Å². The van der Waals surface area contributed by atoms with Gasteiger partial charge in [-0.25, -0.2) is 0 Å². The summed E-state index contributed by atoms with van der Waals surface area (Å²) in [7, 11) is 0. The Bertz CT molecular complexity index is 3920. The van der Waals surface area contributed by atoms with Crippen LogP contribution in [0.25, 0.3) is 10.9 Å². The fourth-order valence-electron chi connectivity index (χ4n) is 11.3. The molecule has 0 spiro atoms. The van der Waals surface area contributed by atoms with Gasteiger partial charge in [-0.05, 0) is 86.3 Å². The number of carboxylic acid groups (broad SMARTS) is 1. The molecule has 0 aliphatic carbocycles. The van der Waals surface area contributed by atoms with E-state index in [9.17, 15) is 82.4 Å². The first-order valence-electron chi connectivity index (χ1n) is 33.9. The zero-order chi connectivity index (χ0) is 77.0. The summed E-state index contributed by atoms with van der Waals surface area (Å²) >= 11 is 0. The number of carboxylic acids is 1. The van der Waals surface area contributed by atoms with Gasteiger partial charge in [0.05, 0.1) is 18.7 Å². The number of phenols is 1. The Balaban J connectivity index is 1.29. The van der Waals surface area contributed by atoms with E-state index in [4.69, 9.17) is 22.6 Å². The van der Waals surface area contributed by atoms with Crippen LogP contribution in [-0.4, -0.2) is 204 Å². The topological polar surface area (TPSA) is 592 Å². The second-order valence-corrected chi connectivity index (χ2v) is 25.7. The van der Waals surface area contributed by atoms with E-state index in [1.54, 1.807) is 60.8 Å². The number of hydrogen-bond acceptors (Lipinski definition) is 19. The number of aromatic hydroxyl groups is 1. The Morgan fingerprint density at radius 1 is 0.667 bits per heavy atom. The number of nitrogens with one attached hydrogen (secondary N) is 14. The monoisotopic (exact) mass is 1460 g/mol. The molecular weight excluding hydrogens is 1370 g/mol. The van der Waals surface area contributed by atoms with Gasteiger partial charge in [-0.2, -0.15) is 0 Å². The molecular formula is C68H92N20O17. The van der Waals surface area contributed by atoms with Gasteiger partial charge in [-0.15, -0.1) is 5.10 Å². The first kappa shape index (κ1) is 81.9. The number of guanidine groups is 1. The summed E-state index contributed by atoms with van der Waals surface area (Å²) in [4.78, 5) is 196. The largest absolute Gasteiger partial charge is 0.508 e. The molecule has 3 heterocycles. The number of carbonyl (C=O) groups is 14. The third-order valence-corrected chi connectivity index (χ3v) is 16.9. The fraction of sp³-hybridized carbons (Fsp3) is 0.456. The number of rotatable bonds is 31. The van der Waals surface area contributed by atoms with Crippen LogP contribution < -0.4 is 81.0 Å². The number of carbonyl (C=O) groups excluding carboxylic acids is 13. The van der Waals surface area contributed by atoms with E-state index >= 15 is 0 Å². The van der Waals surface area contributed by atoms with Crippen LogP contribution in [-0.2, 0) is 99.4 Å². The number of fused-ring (bicyclic) bond motifs is 3. The number of para-hydroxylation sites is 1. The maximum atomic E-state index is 14.9. The van der Waals surface area contributed by atoms with Crippen molar-refractivity contribution in [2.24, 2.45) is 23.1 Å². The molecule has 5 aromatic rings. The van der Waals surface area contributed by atoms with Crippen molar-refractivity contribution in [1.29, 1.82) is 5.41 Å². The van der Waals surface area contributed by atoms with E-state index in [0.717, 1.165) is 6.92 Å². The van der Waals surface area contributed by atoms with Gasteiger partial charge in [0.1, 0.15) is 72.2 Å². The van der Waals surface area contributed by atoms with E-state index < -0.39 is 193 Å². The number of aliphatic carboxylic acids is 1. The second kappa shape index (κ2) is 40.0. The van der Waals surface area contributed by atoms with Crippen LogP contribution in [0.15, 0.2) is 91.3 Å². The van der Waals surface area contributed by atoms with Crippen molar-refractivity contribution in [3.05, 3.63) is 114 Å². The number of phenolic OH excluding ortho intramolecular Hbond substituents is 1. The lowest BCUT2D eigenvalue weighted by molar-refractivity contribution is -0.142. The molecule has 0 saturated carbocycles. The van der Waals surface area contributed by atoms with Gasteiger partial charge in [0.2, 0.25) is 76.8 Å². The molecule has 3 aromatic carbocycles. The molecule has 1 aliphatic heterocycles. The molecule has 2 aromatic heterocycles. The lowest BCUT2D eigenvalue weighted by atomic mass is 9.99. The molecule has 13 amide bonds. The number of aryl methyl sites for hydroxylation is 1. The highest BCUT2D eigenvalue weighted by atomic mass is 16.4. The maximum Gasteiger partial charge on any atom is 0.305 e. The standard InChI is InChI=1S/C68H92N20O17/c1-35(2)56-67(105)84-52(31-55(93)94)64(102)77-45(61(99)80-48(57(70)95)27-39-19-21-42(91)22-20-39)17-10-11-26-88-33-41(86-87-88)30-51(63(101)82-49(65(103)85-56)28-38-13-6-5-7-14-38)81-58(96)36(3)75-59(97)47(23-24-54(69)92)79-60(98)46(18-12-25-73-68(71)72)78-62(100)50(83-66(104)53(34-89)76-37(4)90)29-40-32-74-44-16-9-8-15-43(40)44/h5-9,13-16,19-22,32-33,35-36,45-53,56,74,89,91H,10-12,17-18,23-31,34H2,1-4H3,(H2,69,92)(H2,70,95)(H,75,97)(H,76,90)(H,77,102)(H,78,100)(H,79,98)(H,80,99)(H,81,96)(H,82,101)(H,83,104)(H,84,105)(H,85,103)(H,93,94)(H4,71,72,73)/t36-,45-,46-,47-,48-,49-,50-,51+,52-,53-,56-/m0/s1. The number of benzene rings is 3. The second-order valence-electron chi connectivity index (χ2n) is 25.7. The molecule has 1 aliphatic rings. The molecule has 0 fully saturated rings. The molecule has 11 atom stereocenters. The maximum absolute atomic E-state index is 14.9. The van der Waals surface area contributed by atoms with Gasteiger partial charge in [-0.3, -0.25) is 77.2 Å². The van der Waals surface area contributed by atoms with Crippen LogP contribution in [0, 0.1) is 11.3 Å². The highest BCUT2D eigenvalue weighted by Gasteiger charge is 2.38. The Morgan fingerprint density at radius 3 is 1.94 bits per heavy atom. The van der Waals surface area contributed by atoms with Gasteiger partial charge < -0.3 is 101 Å². The van der Waals surface area contributed by atoms with Crippen LogP contribution in [0.2, 0.25) is 0 Å². The number of aliphatic hydroxyl groups is 1. The van der Waals surface area contributed by atoms with Crippen LogP contribution in [0.4, 0.5) is 0 Å². The lowest BCUT2D eigenvalue weighted by Crippen LogP contribution is -2.61. The minimum absolute atomic E-state index is 0.00525.